The molecule has 0 aromatic rings. The third-order valence-corrected chi connectivity index (χ3v) is 3.35. The van der Waals surface area contributed by atoms with E-state index in [0.717, 1.165) is 25.7 Å². The fourth-order valence-electron chi connectivity index (χ4n) is 2.10. The van der Waals surface area contributed by atoms with E-state index in [1.54, 1.807) is 0 Å². The average Bonchev–Trinajstić information content (AvgIpc) is 2.67. The maximum absolute atomic E-state index is 9.00. The molecule has 4 N–H and O–H groups in total. The predicted molar refractivity (Wildman–Crippen MR) is 56.9 cm³/mol. The van der Waals surface area contributed by atoms with E-state index < -0.39 is 0 Å². The van der Waals surface area contributed by atoms with Crippen molar-refractivity contribution in [1.82, 2.24) is 0 Å². The van der Waals surface area contributed by atoms with Gasteiger partial charge in [0.15, 0.2) is 0 Å². The Morgan fingerprint density at radius 1 is 0.929 bits per heavy atom. The van der Waals surface area contributed by atoms with Crippen LogP contribution in [0.3, 0.4) is 0 Å². The molecular formula is C11H23NO2. The number of aliphatic hydroxyl groups excluding tert-OH is 2. The Morgan fingerprint density at radius 3 is 1.64 bits per heavy atom. The van der Waals surface area contributed by atoms with Crippen LogP contribution >= 0.6 is 0 Å². The van der Waals surface area contributed by atoms with Crippen LogP contribution in [-0.4, -0.2) is 28.5 Å². The molecule has 2 saturated carbocycles. The van der Waals surface area contributed by atoms with Gasteiger partial charge in [-0.25, -0.2) is 0 Å². The third-order valence-electron chi connectivity index (χ3n) is 3.35. The molecule has 0 radical (unpaired) electrons. The fraction of sp³-hybridized carbons (Fsp3) is 1.00. The molecule has 2 fully saturated rings. The van der Waals surface area contributed by atoms with E-state index >= 15 is 0 Å². The first-order valence-corrected chi connectivity index (χ1v) is 5.73. The summed E-state index contributed by atoms with van der Waals surface area (Å²) >= 11 is 0. The SMILES string of the molecule is C[C@@H]1CCC[C@H]1O.N[C@@H]1CCC[C@H]1O. The van der Waals surface area contributed by atoms with E-state index in [2.05, 4.69) is 6.92 Å². The summed E-state index contributed by atoms with van der Waals surface area (Å²) in [7, 11) is 0. The van der Waals surface area contributed by atoms with Crippen LogP contribution in [0.25, 0.3) is 0 Å². The van der Waals surface area contributed by atoms with Crippen LogP contribution in [0.1, 0.15) is 45.4 Å². The molecule has 0 aliphatic heterocycles. The van der Waals surface area contributed by atoms with E-state index in [0.29, 0.717) is 5.92 Å². The maximum Gasteiger partial charge on any atom is 0.0691 e. The van der Waals surface area contributed by atoms with E-state index in [9.17, 15) is 0 Å². The normalized spacial score (nSPS) is 42.0. The molecular weight excluding hydrogens is 178 g/mol. The van der Waals surface area contributed by atoms with E-state index in [1.165, 1.54) is 12.8 Å². The number of rotatable bonds is 0. The third kappa shape index (κ3) is 3.56. The second-order valence-electron chi connectivity index (χ2n) is 4.64. The van der Waals surface area contributed by atoms with Crippen LogP contribution in [0.4, 0.5) is 0 Å². The van der Waals surface area contributed by atoms with Gasteiger partial charge in [0.2, 0.25) is 0 Å². The lowest BCUT2D eigenvalue weighted by atomic mass is 10.1. The molecule has 0 aromatic heterocycles. The second-order valence-corrected chi connectivity index (χ2v) is 4.64. The first kappa shape index (κ1) is 12.0. The van der Waals surface area contributed by atoms with Gasteiger partial charge in [-0.15, -0.1) is 0 Å². The molecule has 0 spiro atoms. The first-order chi connectivity index (χ1) is 6.61. The summed E-state index contributed by atoms with van der Waals surface area (Å²) in [5.41, 5.74) is 5.43. The molecule has 14 heavy (non-hydrogen) atoms. The Kier molecular flexibility index (Phi) is 4.85. The van der Waals surface area contributed by atoms with Crippen molar-refractivity contribution in [3.05, 3.63) is 0 Å². The maximum atomic E-state index is 9.00. The van der Waals surface area contributed by atoms with E-state index in [-0.39, 0.29) is 18.2 Å². The highest BCUT2D eigenvalue weighted by Crippen LogP contribution is 2.23. The lowest BCUT2D eigenvalue weighted by molar-refractivity contribution is 0.141. The Morgan fingerprint density at radius 2 is 1.50 bits per heavy atom. The first-order valence-electron chi connectivity index (χ1n) is 5.73. The van der Waals surface area contributed by atoms with Gasteiger partial charge in [0.05, 0.1) is 12.2 Å². The van der Waals surface area contributed by atoms with Gasteiger partial charge in [0, 0.05) is 6.04 Å². The average molecular weight is 201 g/mol. The fourth-order valence-corrected chi connectivity index (χ4v) is 2.10. The molecule has 0 unspecified atom stereocenters. The van der Waals surface area contributed by atoms with Crippen molar-refractivity contribution < 1.29 is 10.2 Å². The second kappa shape index (κ2) is 5.69. The summed E-state index contributed by atoms with van der Waals surface area (Å²) in [4.78, 5) is 0. The molecule has 3 heteroatoms. The van der Waals surface area contributed by atoms with E-state index in [4.69, 9.17) is 15.9 Å². The van der Waals surface area contributed by atoms with Crippen molar-refractivity contribution in [2.24, 2.45) is 11.7 Å². The Bertz CT molecular complexity index is 129. The highest BCUT2D eigenvalue weighted by molar-refractivity contribution is 4.78. The Labute approximate surface area is 86.3 Å². The number of hydrogen-bond donors (Lipinski definition) is 3. The molecule has 2 rings (SSSR count). The van der Waals surface area contributed by atoms with Gasteiger partial charge in [-0.2, -0.15) is 0 Å². The van der Waals surface area contributed by atoms with Crippen molar-refractivity contribution in [3.8, 4) is 0 Å². The summed E-state index contributed by atoms with van der Waals surface area (Å²) in [5, 5.41) is 17.9. The van der Waals surface area contributed by atoms with Crippen LogP contribution in [-0.2, 0) is 0 Å². The highest BCUT2D eigenvalue weighted by Gasteiger charge is 2.20. The molecule has 4 atom stereocenters. The summed E-state index contributed by atoms with van der Waals surface area (Å²) in [6.07, 6.45) is 6.29. The highest BCUT2D eigenvalue weighted by atomic mass is 16.3. The van der Waals surface area contributed by atoms with Gasteiger partial charge in [-0.3, -0.25) is 0 Å². The minimum absolute atomic E-state index is 0.0139. The van der Waals surface area contributed by atoms with Gasteiger partial charge in [0.25, 0.3) is 0 Å². The van der Waals surface area contributed by atoms with Gasteiger partial charge in [0.1, 0.15) is 0 Å². The summed E-state index contributed by atoms with van der Waals surface area (Å²) in [6, 6.07) is 0.0694. The number of hydrogen-bond acceptors (Lipinski definition) is 3. The van der Waals surface area contributed by atoms with Crippen LogP contribution < -0.4 is 5.73 Å². The standard InChI is InChI=1S/C6H12O.C5H11NO/c1-5-3-2-4-6(5)7;6-4-2-1-3-5(4)7/h5-7H,2-4H2,1H3;4-5,7H,1-3,6H2/t5-,6-;4-,5-/m11/s1. The molecule has 0 saturated heterocycles. The quantitative estimate of drug-likeness (QED) is 0.548. The van der Waals surface area contributed by atoms with Crippen molar-refractivity contribution in [1.29, 1.82) is 0 Å². The lowest BCUT2D eigenvalue weighted by Gasteiger charge is -2.04. The zero-order valence-electron chi connectivity index (χ0n) is 9.02. The predicted octanol–water partition coefficient (Wildman–Crippen LogP) is 1.03. The molecule has 2 aliphatic rings. The van der Waals surface area contributed by atoms with Gasteiger partial charge in [-0.1, -0.05) is 13.3 Å². The molecule has 0 aromatic carbocycles. The minimum atomic E-state index is -0.208. The molecule has 2 aliphatic carbocycles. The monoisotopic (exact) mass is 201 g/mol. The zero-order valence-corrected chi connectivity index (χ0v) is 9.02. The molecule has 0 bridgehead atoms. The van der Waals surface area contributed by atoms with Crippen molar-refractivity contribution in [3.63, 3.8) is 0 Å². The molecule has 0 amide bonds. The minimum Gasteiger partial charge on any atom is -0.393 e. The number of nitrogens with two attached hydrogens (primary N) is 1. The van der Waals surface area contributed by atoms with Gasteiger partial charge < -0.3 is 15.9 Å². The lowest BCUT2D eigenvalue weighted by Crippen LogP contribution is -2.28. The van der Waals surface area contributed by atoms with Crippen LogP contribution in [0.15, 0.2) is 0 Å². The van der Waals surface area contributed by atoms with Crippen molar-refractivity contribution in [2.75, 3.05) is 0 Å². The Hall–Kier alpha value is -0.120. The summed E-state index contributed by atoms with van der Waals surface area (Å²) in [5.74, 6) is 0.569. The number of aliphatic hydroxyl groups is 2. The topological polar surface area (TPSA) is 66.5 Å². The van der Waals surface area contributed by atoms with Gasteiger partial charge >= 0.3 is 0 Å². The van der Waals surface area contributed by atoms with Crippen LogP contribution in [0, 0.1) is 5.92 Å². The van der Waals surface area contributed by atoms with Crippen molar-refractivity contribution >= 4 is 0 Å². The van der Waals surface area contributed by atoms with Gasteiger partial charge in [-0.05, 0) is 38.0 Å². The molecule has 0 heterocycles. The van der Waals surface area contributed by atoms with Crippen LogP contribution in [0.2, 0.25) is 0 Å². The largest absolute Gasteiger partial charge is 0.393 e. The summed E-state index contributed by atoms with van der Waals surface area (Å²) in [6.45, 7) is 2.11. The summed E-state index contributed by atoms with van der Waals surface area (Å²) < 4.78 is 0. The molecule has 3 nitrogen and oxygen atoms in total. The Balaban J connectivity index is 0.000000140. The zero-order chi connectivity index (χ0) is 10.6. The smallest absolute Gasteiger partial charge is 0.0691 e. The van der Waals surface area contributed by atoms with Crippen molar-refractivity contribution in [2.45, 2.75) is 63.7 Å². The van der Waals surface area contributed by atoms with Crippen LogP contribution in [0.5, 0.6) is 0 Å². The van der Waals surface area contributed by atoms with E-state index in [1.807, 2.05) is 0 Å². The molecule has 84 valence electrons.